The molecule has 124 valence electrons. The van der Waals surface area contributed by atoms with E-state index in [0.29, 0.717) is 18.9 Å². The van der Waals surface area contributed by atoms with E-state index >= 15 is 0 Å². The summed E-state index contributed by atoms with van der Waals surface area (Å²) in [6.07, 6.45) is 3.76. The minimum atomic E-state index is -0.0481. The molecule has 1 unspecified atom stereocenters. The van der Waals surface area contributed by atoms with Crippen molar-refractivity contribution >= 4 is 18.3 Å². The van der Waals surface area contributed by atoms with Crippen LogP contribution in [0, 0.1) is 12.8 Å². The molecule has 1 aliphatic rings. The van der Waals surface area contributed by atoms with Crippen LogP contribution < -0.4 is 15.8 Å². The monoisotopic (exact) mass is 326 g/mol. The summed E-state index contributed by atoms with van der Waals surface area (Å²) in [6.45, 7) is 4.52. The molecule has 1 aromatic rings. The number of rotatable bonds is 6. The lowest BCUT2D eigenvalue weighted by atomic mass is 10.00. The number of benzene rings is 1. The zero-order valence-electron chi connectivity index (χ0n) is 13.4. The highest BCUT2D eigenvalue weighted by Crippen LogP contribution is 2.26. The van der Waals surface area contributed by atoms with E-state index in [1.807, 2.05) is 38.1 Å². The first-order valence-electron chi connectivity index (χ1n) is 7.80. The van der Waals surface area contributed by atoms with Gasteiger partial charge < -0.3 is 15.8 Å². The summed E-state index contributed by atoms with van der Waals surface area (Å²) in [5.41, 5.74) is 7.16. The third-order valence-electron chi connectivity index (χ3n) is 4.08. The van der Waals surface area contributed by atoms with E-state index in [0.717, 1.165) is 25.0 Å². The zero-order valence-corrected chi connectivity index (χ0v) is 14.2. The fourth-order valence-electron chi connectivity index (χ4n) is 2.85. The van der Waals surface area contributed by atoms with Gasteiger partial charge in [-0.2, -0.15) is 0 Å². The summed E-state index contributed by atoms with van der Waals surface area (Å²) in [5, 5.41) is 2.95. The maximum Gasteiger partial charge on any atom is 0.220 e. The van der Waals surface area contributed by atoms with E-state index in [-0.39, 0.29) is 30.5 Å². The highest BCUT2D eigenvalue weighted by atomic mass is 35.5. The largest absolute Gasteiger partial charge is 0.489 e. The van der Waals surface area contributed by atoms with Crippen LogP contribution in [-0.4, -0.2) is 24.6 Å². The van der Waals surface area contributed by atoms with Crippen LogP contribution in [0.5, 0.6) is 5.75 Å². The van der Waals surface area contributed by atoms with Crippen LogP contribution in [0.15, 0.2) is 24.3 Å². The topological polar surface area (TPSA) is 64.3 Å². The number of nitrogens with one attached hydrogen (secondary N) is 1. The Bertz CT molecular complexity index is 481. The maximum absolute atomic E-state index is 11.9. The molecule has 5 heteroatoms. The smallest absolute Gasteiger partial charge is 0.220 e. The van der Waals surface area contributed by atoms with Crippen LogP contribution in [0.1, 0.15) is 38.2 Å². The Hall–Kier alpha value is -1.26. The predicted octanol–water partition coefficient (Wildman–Crippen LogP) is 2.82. The lowest BCUT2D eigenvalue weighted by Crippen LogP contribution is -2.36. The minimum absolute atomic E-state index is 0. The lowest BCUT2D eigenvalue weighted by molar-refractivity contribution is -0.122. The molecule has 0 aromatic heterocycles. The van der Waals surface area contributed by atoms with Crippen molar-refractivity contribution in [3.8, 4) is 5.75 Å². The molecule has 1 saturated carbocycles. The van der Waals surface area contributed by atoms with Crippen molar-refractivity contribution in [3.63, 3.8) is 0 Å². The van der Waals surface area contributed by atoms with Crippen LogP contribution in [0.4, 0.5) is 0 Å². The van der Waals surface area contributed by atoms with Crippen molar-refractivity contribution in [2.45, 2.75) is 51.7 Å². The second-order valence-corrected chi connectivity index (χ2v) is 6.11. The number of nitrogens with two attached hydrogens (primary N) is 1. The Kier molecular flexibility index (Phi) is 7.69. The standard InChI is InChI=1S/C17H26N2O2.ClH/c1-12-5-3-7-15(9-12)21-13(2)11-19-17(20)10-14-6-4-8-16(14)18;/h3,5,7,9,13-14,16H,4,6,8,10-11,18H2,1-2H3,(H,19,20);1H/t13?,14-,16+;/m0./s1. The molecule has 0 radical (unpaired) electrons. The molecule has 0 aliphatic heterocycles. The molecule has 2 rings (SSSR count). The third kappa shape index (κ3) is 5.85. The Morgan fingerprint density at radius 3 is 2.86 bits per heavy atom. The molecule has 0 bridgehead atoms. The summed E-state index contributed by atoms with van der Waals surface area (Å²) in [4.78, 5) is 11.9. The van der Waals surface area contributed by atoms with Crippen LogP contribution in [0.3, 0.4) is 0 Å². The molecule has 3 atom stereocenters. The Balaban J connectivity index is 0.00000242. The van der Waals surface area contributed by atoms with Crippen molar-refractivity contribution in [3.05, 3.63) is 29.8 Å². The number of aryl methyl sites for hydroxylation is 1. The second-order valence-electron chi connectivity index (χ2n) is 6.11. The van der Waals surface area contributed by atoms with Gasteiger partial charge in [-0.05, 0) is 50.3 Å². The van der Waals surface area contributed by atoms with E-state index in [1.54, 1.807) is 0 Å². The molecule has 0 heterocycles. The molecule has 0 saturated heterocycles. The summed E-state index contributed by atoms with van der Waals surface area (Å²) in [6, 6.07) is 8.12. The average Bonchev–Trinajstić information content (AvgIpc) is 2.82. The fourth-order valence-corrected chi connectivity index (χ4v) is 2.85. The van der Waals surface area contributed by atoms with Crippen LogP contribution in [0.2, 0.25) is 0 Å². The van der Waals surface area contributed by atoms with Crippen molar-refractivity contribution in [2.75, 3.05) is 6.54 Å². The Morgan fingerprint density at radius 1 is 1.45 bits per heavy atom. The number of amides is 1. The van der Waals surface area contributed by atoms with Gasteiger partial charge in [-0.3, -0.25) is 4.79 Å². The lowest BCUT2D eigenvalue weighted by Gasteiger charge is -2.18. The molecule has 1 aromatic carbocycles. The average molecular weight is 327 g/mol. The first-order chi connectivity index (χ1) is 10.0. The molecule has 1 aliphatic carbocycles. The van der Waals surface area contributed by atoms with Crippen molar-refractivity contribution < 1.29 is 9.53 Å². The first kappa shape index (κ1) is 18.8. The van der Waals surface area contributed by atoms with Gasteiger partial charge in [0.25, 0.3) is 0 Å². The van der Waals surface area contributed by atoms with Gasteiger partial charge in [0, 0.05) is 12.5 Å². The highest BCUT2D eigenvalue weighted by molar-refractivity contribution is 5.85. The van der Waals surface area contributed by atoms with Gasteiger partial charge >= 0.3 is 0 Å². The number of carbonyl (C=O) groups is 1. The van der Waals surface area contributed by atoms with Crippen molar-refractivity contribution in [2.24, 2.45) is 11.7 Å². The normalized spacial score (nSPS) is 21.8. The number of carbonyl (C=O) groups excluding carboxylic acids is 1. The number of halogens is 1. The summed E-state index contributed by atoms with van der Waals surface area (Å²) < 4.78 is 5.80. The van der Waals surface area contributed by atoms with E-state index in [9.17, 15) is 4.79 Å². The number of hydrogen-bond donors (Lipinski definition) is 2. The highest BCUT2D eigenvalue weighted by Gasteiger charge is 2.26. The van der Waals surface area contributed by atoms with Gasteiger partial charge in [0.2, 0.25) is 5.91 Å². The van der Waals surface area contributed by atoms with Gasteiger partial charge in [-0.15, -0.1) is 12.4 Å². The van der Waals surface area contributed by atoms with Crippen molar-refractivity contribution in [1.82, 2.24) is 5.32 Å². The van der Waals surface area contributed by atoms with Gasteiger partial charge in [0.1, 0.15) is 11.9 Å². The zero-order chi connectivity index (χ0) is 15.2. The predicted molar refractivity (Wildman–Crippen MR) is 91.5 cm³/mol. The first-order valence-corrected chi connectivity index (χ1v) is 7.80. The number of hydrogen-bond acceptors (Lipinski definition) is 3. The minimum Gasteiger partial charge on any atom is -0.489 e. The summed E-state index contributed by atoms with van der Waals surface area (Å²) in [5.74, 6) is 1.27. The van der Waals surface area contributed by atoms with Gasteiger partial charge in [0.05, 0.1) is 6.54 Å². The summed E-state index contributed by atoms with van der Waals surface area (Å²) >= 11 is 0. The van der Waals surface area contributed by atoms with Gasteiger partial charge in [-0.25, -0.2) is 0 Å². The molecular weight excluding hydrogens is 300 g/mol. The van der Waals surface area contributed by atoms with Gasteiger partial charge in [-0.1, -0.05) is 18.6 Å². The second kappa shape index (κ2) is 9.01. The van der Waals surface area contributed by atoms with E-state index in [4.69, 9.17) is 10.5 Å². The Morgan fingerprint density at radius 2 is 2.23 bits per heavy atom. The van der Waals surface area contributed by atoms with Crippen LogP contribution >= 0.6 is 12.4 Å². The molecule has 1 fully saturated rings. The van der Waals surface area contributed by atoms with Crippen LogP contribution in [0.25, 0.3) is 0 Å². The van der Waals surface area contributed by atoms with E-state index in [2.05, 4.69) is 5.32 Å². The summed E-state index contributed by atoms with van der Waals surface area (Å²) in [7, 11) is 0. The quantitative estimate of drug-likeness (QED) is 0.845. The number of ether oxygens (including phenoxy) is 1. The molecule has 22 heavy (non-hydrogen) atoms. The molecular formula is C17H27ClN2O2. The molecule has 1 amide bonds. The van der Waals surface area contributed by atoms with E-state index < -0.39 is 0 Å². The molecule has 3 N–H and O–H groups in total. The fraction of sp³-hybridized carbons (Fsp3) is 0.588. The Labute approximate surface area is 139 Å². The third-order valence-corrected chi connectivity index (χ3v) is 4.08. The van der Waals surface area contributed by atoms with Crippen molar-refractivity contribution in [1.29, 1.82) is 0 Å². The van der Waals surface area contributed by atoms with Crippen LogP contribution in [-0.2, 0) is 4.79 Å². The van der Waals surface area contributed by atoms with E-state index in [1.165, 1.54) is 5.56 Å². The maximum atomic E-state index is 11.9. The molecule has 0 spiro atoms. The molecule has 4 nitrogen and oxygen atoms in total. The SMILES string of the molecule is Cc1cccc(OC(C)CNC(=O)C[C@@H]2CCC[C@H]2N)c1.Cl. The van der Waals surface area contributed by atoms with Gasteiger partial charge in [0.15, 0.2) is 0 Å².